The molecule has 1 heterocycles. The van der Waals surface area contributed by atoms with Crippen LogP contribution in [0.15, 0.2) is 5.38 Å². The van der Waals surface area contributed by atoms with Gasteiger partial charge in [-0.3, -0.25) is 0 Å². The molecule has 0 aromatic carbocycles. The smallest absolute Gasteiger partial charge is 0.137 e. The minimum absolute atomic E-state index is 0.0237. The predicted octanol–water partition coefficient (Wildman–Crippen LogP) is 3.01. The van der Waals surface area contributed by atoms with Crippen molar-refractivity contribution in [2.75, 3.05) is 0 Å². The summed E-state index contributed by atoms with van der Waals surface area (Å²) in [4.78, 5) is 1.19. The summed E-state index contributed by atoms with van der Waals surface area (Å²) in [5, 5.41) is 1.59. The highest BCUT2D eigenvalue weighted by Gasteiger charge is 2.06. The van der Waals surface area contributed by atoms with Crippen molar-refractivity contribution in [2.45, 2.75) is 26.7 Å². The number of hydrogen-bond acceptors (Lipinski definition) is 1. The molecule has 10 heavy (non-hydrogen) atoms. The lowest BCUT2D eigenvalue weighted by Gasteiger charge is -1.94. The SMILES string of the molecule is CCc1scc(F)c1CC. The Kier molecular flexibility index (Phi) is 2.44. The molecule has 1 rings (SSSR count). The molecule has 0 radical (unpaired) electrons. The van der Waals surface area contributed by atoms with Crippen LogP contribution in [0.2, 0.25) is 0 Å². The molecule has 0 bridgehead atoms. The molecule has 0 amide bonds. The van der Waals surface area contributed by atoms with Crippen LogP contribution in [0.1, 0.15) is 24.3 Å². The van der Waals surface area contributed by atoms with Gasteiger partial charge in [-0.15, -0.1) is 11.3 Å². The minimum Gasteiger partial charge on any atom is -0.206 e. The van der Waals surface area contributed by atoms with E-state index in [1.54, 1.807) is 5.38 Å². The van der Waals surface area contributed by atoms with E-state index in [2.05, 4.69) is 6.92 Å². The summed E-state index contributed by atoms with van der Waals surface area (Å²) in [5.41, 5.74) is 0.910. The van der Waals surface area contributed by atoms with Crippen molar-refractivity contribution in [2.24, 2.45) is 0 Å². The van der Waals surface area contributed by atoms with E-state index in [0.717, 1.165) is 18.4 Å². The Hall–Kier alpha value is -0.370. The van der Waals surface area contributed by atoms with Gasteiger partial charge in [0.25, 0.3) is 0 Å². The number of aryl methyl sites for hydroxylation is 1. The maximum atomic E-state index is 12.8. The van der Waals surface area contributed by atoms with E-state index in [1.165, 1.54) is 16.2 Å². The fourth-order valence-electron chi connectivity index (χ4n) is 1.06. The van der Waals surface area contributed by atoms with Crippen molar-refractivity contribution in [3.05, 3.63) is 21.6 Å². The van der Waals surface area contributed by atoms with E-state index in [0.29, 0.717) is 0 Å². The zero-order chi connectivity index (χ0) is 7.56. The first-order chi connectivity index (χ1) is 4.79. The number of halogens is 1. The number of hydrogen-bond donors (Lipinski definition) is 0. The van der Waals surface area contributed by atoms with Crippen LogP contribution in [-0.2, 0) is 12.8 Å². The van der Waals surface area contributed by atoms with Gasteiger partial charge in [0.2, 0.25) is 0 Å². The second-order valence-electron chi connectivity index (χ2n) is 2.19. The first-order valence-corrected chi connectivity index (χ1v) is 4.42. The molecule has 0 nitrogen and oxygen atoms in total. The summed E-state index contributed by atoms with van der Waals surface area (Å²) in [6, 6.07) is 0. The molecule has 0 unspecified atom stereocenters. The molecule has 0 N–H and O–H groups in total. The molecule has 0 saturated heterocycles. The third kappa shape index (κ3) is 1.21. The molecule has 2 heteroatoms. The third-order valence-electron chi connectivity index (χ3n) is 1.60. The summed E-state index contributed by atoms with van der Waals surface area (Å²) in [5.74, 6) is -0.0237. The molecule has 0 saturated carbocycles. The topological polar surface area (TPSA) is 0 Å². The molecule has 0 atom stereocenters. The highest BCUT2D eigenvalue weighted by Crippen LogP contribution is 2.21. The Morgan fingerprint density at radius 2 is 2.10 bits per heavy atom. The van der Waals surface area contributed by atoms with Crippen LogP contribution >= 0.6 is 11.3 Å². The van der Waals surface area contributed by atoms with Crippen LogP contribution in [0.4, 0.5) is 4.39 Å². The van der Waals surface area contributed by atoms with E-state index in [-0.39, 0.29) is 5.82 Å². The Labute approximate surface area is 64.7 Å². The Morgan fingerprint density at radius 3 is 2.50 bits per heavy atom. The Balaban J connectivity index is 3.01. The zero-order valence-electron chi connectivity index (χ0n) is 6.28. The summed E-state index contributed by atoms with van der Waals surface area (Å²) >= 11 is 1.53. The van der Waals surface area contributed by atoms with Gasteiger partial charge in [-0.1, -0.05) is 13.8 Å². The molecular formula is C8H11FS. The molecule has 1 aromatic rings. The lowest BCUT2D eigenvalue weighted by atomic mass is 10.2. The molecule has 0 spiro atoms. The Bertz CT molecular complexity index is 215. The highest BCUT2D eigenvalue weighted by molar-refractivity contribution is 7.10. The quantitative estimate of drug-likeness (QED) is 0.620. The lowest BCUT2D eigenvalue weighted by Crippen LogP contribution is -1.85. The maximum Gasteiger partial charge on any atom is 0.137 e. The van der Waals surface area contributed by atoms with Crippen molar-refractivity contribution >= 4 is 11.3 Å². The van der Waals surface area contributed by atoms with Crippen LogP contribution in [-0.4, -0.2) is 0 Å². The van der Waals surface area contributed by atoms with Gasteiger partial charge in [0.15, 0.2) is 0 Å². The fourth-order valence-corrected chi connectivity index (χ4v) is 2.00. The fraction of sp³-hybridized carbons (Fsp3) is 0.500. The number of rotatable bonds is 2. The van der Waals surface area contributed by atoms with Crippen molar-refractivity contribution in [1.29, 1.82) is 0 Å². The second kappa shape index (κ2) is 3.15. The molecule has 0 aliphatic carbocycles. The first-order valence-electron chi connectivity index (χ1n) is 3.54. The van der Waals surface area contributed by atoms with E-state index in [1.807, 2.05) is 6.92 Å². The summed E-state index contributed by atoms with van der Waals surface area (Å²) in [6.45, 7) is 4.05. The normalized spacial score (nSPS) is 10.3. The van der Waals surface area contributed by atoms with Crippen LogP contribution in [0.25, 0.3) is 0 Å². The molecule has 1 aromatic heterocycles. The summed E-state index contributed by atoms with van der Waals surface area (Å²) in [6.07, 6.45) is 1.77. The van der Waals surface area contributed by atoms with E-state index in [9.17, 15) is 4.39 Å². The molecule has 0 aliphatic heterocycles. The molecule has 0 aliphatic rings. The highest BCUT2D eigenvalue weighted by atomic mass is 32.1. The van der Waals surface area contributed by atoms with Gasteiger partial charge in [0.05, 0.1) is 0 Å². The van der Waals surface area contributed by atoms with Crippen molar-refractivity contribution in [3.8, 4) is 0 Å². The molecule has 0 fully saturated rings. The van der Waals surface area contributed by atoms with E-state index < -0.39 is 0 Å². The van der Waals surface area contributed by atoms with E-state index in [4.69, 9.17) is 0 Å². The van der Waals surface area contributed by atoms with E-state index >= 15 is 0 Å². The second-order valence-corrected chi connectivity index (χ2v) is 3.16. The summed E-state index contributed by atoms with van der Waals surface area (Å²) < 4.78 is 12.8. The first kappa shape index (κ1) is 7.73. The van der Waals surface area contributed by atoms with Crippen molar-refractivity contribution in [1.82, 2.24) is 0 Å². The van der Waals surface area contributed by atoms with Gasteiger partial charge in [0.1, 0.15) is 5.82 Å². The standard InChI is InChI=1S/C8H11FS/c1-3-6-7(9)5-10-8(6)4-2/h5H,3-4H2,1-2H3. The van der Waals surface area contributed by atoms with Crippen LogP contribution < -0.4 is 0 Å². The van der Waals surface area contributed by atoms with Gasteiger partial charge in [-0.25, -0.2) is 4.39 Å². The zero-order valence-corrected chi connectivity index (χ0v) is 7.09. The van der Waals surface area contributed by atoms with Crippen LogP contribution in [0.3, 0.4) is 0 Å². The lowest BCUT2D eigenvalue weighted by molar-refractivity contribution is 0.616. The molecule has 56 valence electrons. The van der Waals surface area contributed by atoms with Crippen molar-refractivity contribution in [3.63, 3.8) is 0 Å². The minimum atomic E-state index is -0.0237. The average Bonchev–Trinajstić information content (AvgIpc) is 2.30. The van der Waals surface area contributed by atoms with Crippen LogP contribution in [0, 0.1) is 5.82 Å². The predicted molar refractivity (Wildman–Crippen MR) is 43.0 cm³/mol. The van der Waals surface area contributed by atoms with Gasteiger partial charge in [-0.2, -0.15) is 0 Å². The number of thiophene rings is 1. The third-order valence-corrected chi connectivity index (χ3v) is 2.75. The largest absolute Gasteiger partial charge is 0.206 e. The van der Waals surface area contributed by atoms with Crippen LogP contribution in [0.5, 0.6) is 0 Å². The van der Waals surface area contributed by atoms with Gasteiger partial charge in [-0.05, 0) is 12.8 Å². The van der Waals surface area contributed by atoms with Crippen molar-refractivity contribution < 1.29 is 4.39 Å². The molecular weight excluding hydrogens is 147 g/mol. The van der Waals surface area contributed by atoms with Gasteiger partial charge < -0.3 is 0 Å². The maximum absolute atomic E-state index is 12.8. The van der Waals surface area contributed by atoms with Gasteiger partial charge >= 0.3 is 0 Å². The Morgan fingerprint density at radius 1 is 1.40 bits per heavy atom. The average molecular weight is 158 g/mol. The van der Waals surface area contributed by atoms with Gasteiger partial charge in [0, 0.05) is 15.8 Å². The summed E-state index contributed by atoms with van der Waals surface area (Å²) in [7, 11) is 0. The monoisotopic (exact) mass is 158 g/mol.